The molecular weight excluding hydrogens is 297 g/mol. The van der Waals surface area contributed by atoms with E-state index in [0.717, 1.165) is 0 Å². The molecule has 86 valence electrons. The summed E-state index contributed by atoms with van der Waals surface area (Å²) >= 11 is 0. The Bertz CT molecular complexity index is 240. The smallest absolute Gasteiger partial charge is 1.00 e. The molecule has 15 heavy (non-hydrogen) atoms. The molecule has 0 aromatic heterocycles. The Morgan fingerprint density at radius 1 is 1.00 bits per heavy atom. The number of rotatable bonds is 2. The molecule has 0 spiro atoms. The second kappa shape index (κ2) is 10.9. The standard InChI is InChI=1S/CH2O3.Ca.Na.H4O7P2.3H/c2-1(3)4;;;1-8(2,3)7-9(4,5)6;;;/h(H2,2,3,4);;;(H2,1,2,3)(H2,4,5,6);;;/q;+2;+1;;3*-1. The van der Waals surface area contributed by atoms with Crippen LogP contribution in [0.2, 0.25) is 0 Å². The van der Waals surface area contributed by atoms with E-state index in [0.29, 0.717) is 0 Å². The van der Waals surface area contributed by atoms with Gasteiger partial charge in [0, 0.05) is 0 Å². The summed E-state index contributed by atoms with van der Waals surface area (Å²) in [4.78, 5) is 39.6. The summed E-state index contributed by atoms with van der Waals surface area (Å²) in [5.74, 6) is 0. The Morgan fingerprint density at radius 2 is 1.13 bits per heavy atom. The summed E-state index contributed by atoms with van der Waals surface area (Å²) in [5.41, 5.74) is 0. The topological polar surface area (TPSA) is 182 Å². The molecular formula is CH9CaNaO10P2. The molecule has 0 aliphatic heterocycles. The number of carbonyl (C=O) groups is 1. The van der Waals surface area contributed by atoms with Crippen molar-refractivity contribution in [2.24, 2.45) is 0 Å². The molecule has 0 fully saturated rings. The number of carboxylic acid groups (broad SMARTS) is 2. The first-order valence-corrected chi connectivity index (χ1v) is 5.24. The van der Waals surface area contributed by atoms with Crippen molar-refractivity contribution in [3.8, 4) is 0 Å². The van der Waals surface area contributed by atoms with E-state index in [-0.39, 0.29) is 71.6 Å². The van der Waals surface area contributed by atoms with Crippen LogP contribution in [0.5, 0.6) is 0 Å². The fraction of sp³-hybridized carbons (Fsp3) is 0. The van der Waals surface area contributed by atoms with E-state index < -0.39 is 21.8 Å². The summed E-state index contributed by atoms with van der Waals surface area (Å²) in [6.07, 6.45) is -1.83. The minimum Gasteiger partial charge on any atom is -1.00 e. The van der Waals surface area contributed by atoms with Gasteiger partial charge in [-0.1, -0.05) is 0 Å². The molecule has 0 aliphatic rings. The van der Waals surface area contributed by atoms with Crippen molar-refractivity contribution in [1.29, 1.82) is 0 Å². The van der Waals surface area contributed by atoms with Crippen molar-refractivity contribution in [3.05, 3.63) is 0 Å². The summed E-state index contributed by atoms with van der Waals surface area (Å²) in [7, 11) is -10.1. The molecule has 10 nitrogen and oxygen atoms in total. The normalized spacial score (nSPS) is 9.87. The second-order valence-corrected chi connectivity index (χ2v) is 3.96. The third kappa shape index (κ3) is 49.5. The first-order chi connectivity index (χ1) is 5.44. The summed E-state index contributed by atoms with van der Waals surface area (Å²) in [6.45, 7) is 0. The van der Waals surface area contributed by atoms with Crippen molar-refractivity contribution in [3.63, 3.8) is 0 Å². The van der Waals surface area contributed by atoms with Crippen molar-refractivity contribution in [2.45, 2.75) is 0 Å². The fourth-order valence-corrected chi connectivity index (χ4v) is 1.25. The van der Waals surface area contributed by atoms with Crippen LogP contribution in [-0.4, -0.2) is 73.7 Å². The van der Waals surface area contributed by atoms with E-state index in [4.69, 9.17) is 34.6 Å². The van der Waals surface area contributed by atoms with Gasteiger partial charge < -0.3 is 34.1 Å². The van der Waals surface area contributed by atoms with Crippen LogP contribution in [0, 0.1) is 0 Å². The molecule has 0 radical (unpaired) electrons. The van der Waals surface area contributed by atoms with Crippen LogP contribution in [-0.2, 0) is 13.4 Å². The third-order valence-corrected chi connectivity index (χ3v) is 1.91. The van der Waals surface area contributed by atoms with Crippen LogP contribution < -0.4 is 29.6 Å². The van der Waals surface area contributed by atoms with Gasteiger partial charge >= 0.3 is 89.1 Å². The van der Waals surface area contributed by atoms with E-state index >= 15 is 0 Å². The minimum absolute atomic E-state index is 0. The molecule has 0 atom stereocenters. The predicted molar refractivity (Wildman–Crippen MR) is 44.9 cm³/mol. The zero-order chi connectivity index (χ0) is 11.3. The van der Waals surface area contributed by atoms with Gasteiger partial charge in [0.05, 0.1) is 0 Å². The van der Waals surface area contributed by atoms with Crippen molar-refractivity contribution in [2.75, 3.05) is 0 Å². The SMILES string of the molecule is O=C(O)O.O=P(O)(O)OP(=O)(O)O.[Ca+2].[H-].[H-].[H-].[Na+]. The summed E-state index contributed by atoms with van der Waals surface area (Å²) in [6, 6.07) is 0. The Kier molecular flexibility index (Phi) is 18.6. The van der Waals surface area contributed by atoms with Gasteiger partial charge in [0.2, 0.25) is 0 Å². The first-order valence-electron chi connectivity index (χ1n) is 2.18. The van der Waals surface area contributed by atoms with Gasteiger partial charge in [-0.05, 0) is 0 Å². The molecule has 0 aromatic rings. The van der Waals surface area contributed by atoms with Gasteiger partial charge in [-0.25, -0.2) is 13.9 Å². The Morgan fingerprint density at radius 3 is 1.13 bits per heavy atom. The van der Waals surface area contributed by atoms with Gasteiger partial charge in [0.25, 0.3) is 0 Å². The molecule has 6 N–H and O–H groups in total. The number of hydrogen-bond acceptors (Lipinski definition) is 4. The van der Waals surface area contributed by atoms with E-state index in [2.05, 4.69) is 4.31 Å². The van der Waals surface area contributed by atoms with Gasteiger partial charge in [0.15, 0.2) is 0 Å². The minimum atomic E-state index is -5.05. The van der Waals surface area contributed by atoms with Crippen LogP contribution in [0.15, 0.2) is 0 Å². The molecule has 0 saturated carbocycles. The molecule has 0 amide bonds. The number of phosphoric acid groups is 2. The molecule has 0 bridgehead atoms. The Balaban J connectivity index is -0.0000000243. The van der Waals surface area contributed by atoms with Crippen LogP contribution in [0.3, 0.4) is 0 Å². The van der Waals surface area contributed by atoms with Gasteiger partial charge in [-0.15, -0.1) is 0 Å². The predicted octanol–water partition coefficient (Wildman–Crippen LogP) is -3.63. The van der Waals surface area contributed by atoms with Gasteiger partial charge in [-0.2, -0.15) is 4.31 Å². The second-order valence-electron chi connectivity index (χ2n) is 1.35. The monoisotopic (exact) mass is 306 g/mol. The molecule has 0 rings (SSSR count). The van der Waals surface area contributed by atoms with Crippen LogP contribution in [0.25, 0.3) is 0 Å². The van der Waals surface area contributed by atoms with Crippen molar-refractivity contribution >= 4 is 59.5 Å². The molecule has 0 heterocycles. The largest absolute Gasteiger partial charge is 2.00 e. The zero-order valence-corrected chi connectivity index (χ0v) is 13.4. The zero-order valence-electron chi connectivity index (χ0n) is 10.4. The molecule has 0 saturated heterocycles. The van der Waals surface area contributed by atoms with Crippen LogP contribution >= 0.6 is 15.6 Å². The maximum absolute atomic E-state index is 9.63. The fourth-order valence-electron chi connectivity index (χ4n) is 0.139. The van der Waals surface area contributed by atoms with E-state index in [1.165, 1.54) is 0 Å². The summed E-state index contributed by atoms with van der Waals surface area (Å²) in [5, 5.41) is 13.9. The van der Waals surface area contributed by atoms with Crippen molar-refractivity contribution < 1.29 is 81.9 Å². The van der Waals surface area contributed by atoms with Gasteiger partial charge in [-0.3, -0.25) is 0 Å². The maximum atomic E-state index is 9.63. The quantitative estimate of drug-likeness (QED) is 0.220. The van der Waals surface area contributed by atoms with E-state index in [9.17, 15) is 9.13 Å². The van der Waals surface area contributed by atoms with E-state index in [1.807, 2.05) is 0 Å². The van der Waals surface area contributed by atoms with E-state index in [1.54, 1.807) is 0 Å². The molecule has 0 aromatic carbocycles. The average Bonchev–Trinajstić information content (AvgIpc) is 1.47. The first kappa shape index (κ1) is 25.6. The third-order valence-electron chi connectivity index (χ3n) is 0.213. The maximum Gasteiger partial charge on any atom is 2.00 e. The van der Waals surface area contributed by atoms with Crippen LogP contribution in [0.4, 0.5) is 4.79 Å². The molecule has 14 heteroatoms. The number of hydrogen-bond donors (Lipinski definition) is 6. The molecule has 0 unspecified atom stereocenters. The summed E-state index contributed by atoms with van der Waals surface area (Å²) < 4.78 is 22.2. The average molecular weight is 306 g/mol. The van der Waals surface area contributed by atoms with Crippen LogP contribution in [0.1, 0.15) is 4.28 Å². The Labute approximate surface area is 140 Å². The molecule has 0 aliphatic carbocycles. The Hall–Kier alpha value is 1.79. The van der Waals surface area contributed by atoms with Crippen molar-refractivity contribution in [1.82, 2.24) is 0 Å². The van der Waals surface area contributed by atoms with Gasteiger partial charge in [0.1, 0.15) is 0 Å².